The lowest BCUT2D eigenvalue weighted by Gasteiger charge is -2.13. The number of hydrogen-bond donors (Lipinski definition) is 2. The number of aryl methyl sites for hydroxylation is 2. The van der Waals surface area contributed by atoms with Gasteiger partial charge in [0.25, 0.3) is 5.91 Å². The van der Waals surface area contributed by atoms with Crippen LogP contribution >= 0.6 is 0 Å². The number of anilines is 1. The fourth-order valence-corrected chi connectivity index (χ4v) is 3.15. The van der Waals surface area contributed by atoms with E-state index in [1.54, 1.807) is 25.2 Å². The molecular formula is C19H23N5O3. The third-order valence-electron chi connectivity index (χ3n) is 4.61. The van der Waals surface area contributed by atoms with Gasteiger partial charge in [0, 0.05) is 43.1 Å². The van der Waals surface area contributed by atoms with Gasteiger partial charge in [-0.2, -0.15) is 5.10 Å². The van der Waals surface area contributed by atoms with E-state index in [1.165, 1.54) is 4.90 Å². The van der Waals surface area contributed by atoms with Crippen molar-refractivity contribution in [3.8, 4) is 0 Å². The summed E-state index contributed by atoms with van der Waals surface area (Å²) in [5.41, 5.74) is 3.08. The molecule has 0 aliphatic carbocycles. The number of rotatable bonds is 5. The first kappa shape index (κ1) is 18.6. The summed E-state index contributed by atoms with van der Waals surface area (Å²) < 4.78 is 1.82. The molecule has 0 unspecified atom stereocenters. The lowest BCUT2D eigenvalue weighted by atomic mass is 10.1. The number of carbonyl (C=O) groups is 3. The molecular weight excluding hydrogens is 346 g/mol. The van der Waals surface area contributed by atoms with Gasteiger partial charge in [0.2, 0.25) is 0 Å². The van der Waals surface area contributed by atoms with Gasteiger partial charge in [-0.3, -0.25) is 19.1 Å². The summed E-state index contributed by atoms with van der Waals surface area (Å²) in [5.74, 6) is -1.89. The zero-order valence-corrected chi connectivity index (χ0v) is 15.7. The van der Waals surface area contributed by atoms with E-state index in [4.69, 9.17) is 0 Å². The summed E-state index contributed by atoms with van der Waals surface area (Å²) in [7, 11) is 1.64. The first-order valence-corrected chi connectivity index (χ1v) is 8.90. The number of hydrogen-bond acceptors (Lipinski definition) is 4. The molecule has 0 bridgehead atoms. The number of para-hydroxylation sites is 1. The number of amides is 3. The first-order valence-electron chi connectivity index (χ1n) is 8.90. The van der Waals surface area contributed by atoms with Crippen LogP contribution in [0.15, 0.2) is 30.5 Å². The minimum atomic E-state index is -0.849. The van der Waals surface area contributed by atoms with Crippen LogP contribution in [0.1, 0.15) is 36.2 Å². The Morgan fingerprint density at radius 2 is 1.96 bits per heavy atom. The van der Waals surface area contributed by atoms with Crippen LogP contribution in [0, 0.1) is 6.92 Å². The Balaban J connectivity index is 1.62. The van der Waals surface area contributed by atoms with E-state index >= 15 is 0 Å². The third kappa shape index (κ3) is 3.69. The van der Waals surface area contributed by atoms with Gasteiger partial charge in [-0.05, 0) is 19.4 Å². The second-order valence-corrected chi connectivity index (χ2v) is 6.55. The maximum absolute atomic E-state index is 12.4. The minimum absolute atomic E-state index is 0.205. The van der Waals surface area contributed by atoms with Crippen molar-refractivity contribution >= 4 is 23.4 Å². The second-order valence-electron chi connectivity index (χ2n) is 6.55. The lowest BCUT2D eigenvalue weighted by molar-refractivity contribution is -0.140. The molecule has 0 saturated carbocycles. The van der Waals surface area contributed by atoms with Crippen molar-refractivity contribution in [1.82, 2.24) is 20.4 Å². The summed E-state index contributed by atoms with van der Waals surface area (Å²) in [6.45, 7) is 4.92. The molecule has 142 valence electrons. The van der Waals surface area contributed by atoms with Crippen LogP contribution in [-0.4, -0.2) is 34.5 Å². The molecule has 0 fully saturated rings. The number of aromatic nitrogens is 2. The van der Waals surface area contributed by atoms with Gasteiger partial charge in [0.15, 0.2) is 0 Å². The van der Waals surface area contributed by atoms with Crippen molar-refractivity contribution < 1.29 is 14.4 Å². The molecule has 2 heterocycles. The van der Waals surface area contributed by atoms with Crippen LogP contribution in [0.25, 0.3) is 0 Å². The first-order chi connectivity index (χ1) is 12.9. The molecule has 0 saturated heterocycles. The highest BCUT2D eigenvalue weighted by molar-refractivity contribution is 6.35. The molecule has 27 heavy (non-hydrogen) atoms. The fraction of sp³-hybridized carbons (Fsp3) is 0.368. The van der Waals surface area contributed by atoms with Gasteiger partial charge in [-0.15, -0.1) is 0 Å². The Hall–Kier alpha value is -3.16. The van der Waals surface area contributed by atoms with E-state index in [1.807, 2.05) is 23.9 Å². The van der Waals surface area contributed by atoms with Crippen molar-refractivity contribution in [1.29, 1.82) is 0 Å². The molecule has 2 N–H and O–H groups in total. The van der Waals surface area contributed by atoms with Crippen LogP contribution in [0.4, 0.5) is 5.69 Å². The highest BCUT2D eigenvalue weighted by Gasteiger charge is 2.36. The molecule has 8 heteroatoms. The summed E-state index contributed by atoms with van der Waals surface area (Å²) in [4.78, 5) is 38.3. The van der Waals surface area contributed by atoms with Gasteiger partial charge in [0.05, 0.1) is 5.69 Å². The molecule has 1 aliphatic rings. The molecule has 1 atom stereocenters. The van der Waals surface area contributed by atoms with Crippen LogP contribution in [0.3, 0.4) is 0 Å². The molecule has 1 aromatic carbocycles. The van der Waals surface area contributed by atoms with E-state index in [2.05, 4.69) is 22.7 Å². The number of carbonyl (C=O) groups excluding carboxylic acids is 3. The predicted octanol–water partition coefficient (Wildman–Crippen LogP) is 1.05. The van der Waals surface area contributed by atoms with Crippen LogP contribution in [-0.2, 0) is 27.5 Å². The van der Waals surface area contributed by atoms with Crippen LogP contribution in [0.5, 0.6) is 0 Å². The quantitative estimate of drug-likeness (QED) is 0.770. The maximum Gasteiger partial charge on any atom is 0.310 e. The topological polar surface area (TPSA) is 96.3 Å². The largest absolute Gasteiger partial charge is 0.344 e. The molecule has 1 aromatic heterocycles. The fourth-order valence-electron chi connectivity index (χ4n) is 3.15. The van der Waals surface area contributed by atoms with Crippen molar-refractivity contribution in [3.63, 3.8) is 0 Å². The summed E-state index contributed by atoms with van der Waals surface area (Å²) in [6.07, 6.45) is 2.82. The number of benzene rings is 1. The number of fused-ring (bicyclic) bond motifs is 1. The zero-order valence-electron chi connectivity index (χ0n) is 15.7. The summed E-state index contributed by atoms with van der Waals surface area (Å²) in [5, 5.41) is 9.48. The second kappa shape index (κ2) is 7.61. The van der Waals surface area contributed by atoms with Gasteiger partial charge >= 0.3 is 11.8 Å². The highest BCUT2D eigenvalue weighted by atomic mass is 16.2. The Morgan fingerprint density at radius 3 is 2.70 bits per heavy atom. The summed E-state index contributed by atoms with van der Waals surface area (Å²) >= 11 is 0. The standard InChI is InChI=1S/C19H23N5O3/c1-4-9-24-11-13(12(2)22-24)10-20-17(25)18(26)21-16-14-7-5-6-8-15(14)23(3)19(16)27/h5-8,11,16H,4,9-10H2,1-3H3,(H,20,25)(H,21,26)/t16-/m0/s1. The van der Waals surface area contributed by atoms with E-state index in [0.717, 1.165) is 29.9 Å². The Morgan fingerprint density at radius 1 is 1.22 bits per heavy atom. The molecule has 0 radical (unpaired) electrons. The van der Waals surface area contributed by atoms with Crippen LogP contribution in [0.2, 0.25) is 0 Å². The van der Waals surface area contributed by atoms with Gasteiger partial charge < -0.3 is 15.5 Å². The van der Waals surface area contributed by atoms with Crippen molar-refractivity contribution in [2.75, 3.05) is 11.9 Å². The molecule has 8 nitrogen and oxygen atoms in total. The van der Waals surface area contributed by atoms with Gasteiger partial charge in [0.1, 0.15) is 6.04 Å². The normalized spacial score (nSPS) is 15.6. The minimum Gasteiger partial charge on any atom is -0.344 e. The van der Waals surface area contributed by atoms with Gasteiger partial charge in [-0.1, -0.05) is 25.1 Å². The SMILES string of the molecule is CCCn1cc(CNC(=O)C(=O)N[C@@H]2C(=O)N(C)c3ccccc32)c(C)n1. The Labute approximate surface area is 157 Å². The molecule has 0 spiro atoms. The zero-order chi connectivity index (χ0) is 19.6. The monoisotopic (exact) mass is 369 g/mol. The molecule has 3 rings (SSSR count). The molecule has 1 aliphatic heterocycles. The van der Waals surface area contributed by atoms with Crippen molar-refractivity contribution in [2.45, 2.75) is 39.4 Å². The predicted molar refractivity (Wildman–Crippen MR) is 99.8 cm³/mol. The van der Waals surface area contributed by atoms with E-state index in [-0.39, 0.29) is 12.5 Å². The van der Waals surface area contributed by atoms with E-state index < -0.39 is 17.9 Å². The highest BCUT2D eigenvalue weighted by Crippen LogP contribution is 2.34. The van der Waals surface area contributed by atoms with Gasteiger partial charge in [-0.25, -0.2) is 0 Å². The van der Waals surface area contributed by atoms with Crippen molar-refractivity contribution in [3.05, 3.63) is 47.3 Å². The maximum atomic E-state index is 12.4. The average Bonchev–Trinajstić information content (AvgIpc) is 3.12. The average molecular weight is 369 g/mol. The van der Waals surface area contributed by atoms with Crippen molar-refractivity contribution in [2.24, 2.45) is 0 Å². The lowest BCUT2D eigenvalue weighted by Crippen LogP contribution is -2.43. The Kier molecular flexibility index (Phi) is 5.25. The van der Waals surface area contributed by atoms with Crippen LogP contribution < -0.4 is 15.5 Å². The smallest absolute Gasteiger partial charge is 0.310 e. The number of nitrogens with zero attached hydrogens (tertiary/aromatic N) is 3. The third-order valence-corrected chi connectivity index (χ3v) is 4.61. The Bertz CT molecular complexity index is 889. The molecule has 3 amide bonds. The summed E-state index contributed by atoms with van der Waals surface area (Å²) in [6, 6.07) is 6.33. The van der Waals surface area contributed by atoms with E-state index in [9.17, 15) is 14.4 Å². The number of likely N-dealkylation sites (N-methyl/N-ethyl adjacent to an activating group) is 1. The van der Waals surface area contributed by atoms with E-state index in [0.29, 0.717) is 5.56 Å². The molecule has 2 aromatic rings. The number of nitrogens with one attached hydrogen (secondary N) is 2.